The number of aromatic carboxylic acids is 1. The molecule has 11 heteroatoms. The summed E-state index contributed by atoms with van der Waals surface area (Å²) in [5.74, 6) is 1.46. The van der Waals surface area contributed by atoms with Crippen LogP contribution < -0.4 is 10.2 Å². The molecule has 2 aromatic heterocycles. The number of nitrogens with zero attached hydrogens (tertiary/aromatic N) is 5. The van der Waals surface area contributed by atoms with Crippen molar-refractivity contribution in [1.82, 2.24) is 19.5 Å². The minimum atomic E-state index is -1.08. The standard InChI is InChI=1S/C18H22N6O4S/c25-17(26)13-9-23-4-5-24(10-14(23)20-13)18-21-12-3-8-29(27)15(12)16(22-18)19-11-1-6-28-7-2-11/h9,11H,1-8,10H2,(H,25,26)(H,19,21,22). The number of carboxylic acids is 1. The number of aromatic nitrogens is 4. The Morgan fingerprint density at radius 3 is 2.86 bits per heavy atom. The van der Waals surface area contributed by atoms with Crippen LogP contribution in [0.1, 0.15) is 34.8 Å². The van der Waals surface area contributed by atoms with Gasteiger partial charge in [-0.25, -0.2) is 14.8 Å². The molecular formula is C18H22N6O4S. The van der Waals surface area contributed by atoms with Crippen LogP contribution in [0.4, 0.5) is 11.8 Å². The lowest BCUT2D eigenvalue weighted by atomic mass is 10.1. The van der Waals surface area contributed by atoms with E-state index in [2.05, 4.69) is 10.3 Å². The lowest BCUT2D eigenvalue weighted by molar-refractivity contribution is 0.0690. The number of imidazole rings is 1. The third-order valence-corrected chi connectivity index (χ3v) is 7.00. The van der Waals surface area contributed by atoms with Gasteiger partial charge in [-0.15, -0.1) is 0 Å². The molecule has 0 amide bonds. The van der Waals surface area contributed by atoms with Crippen molar-refractivity contribution in [2.75, 3.05) is 35.7 Å². The molecule has 154 valence electrons. The van der Waals surface area contributed by atoms with E-state index < -0.39 is 16.8 Å². The van der Waals surface area contributed by atoms with Gasteiger partial charge >= 0.3 is 5.97 Å². The molecule has 3 aliphatic heterocycles. The monoisotopic (exact) mass is 418 g/mol. The van der Waals surface area contributed by atoms with Crippen LogP contribution in [-0.2, 0) is 35.0 Å². The fourth-order valence-electron chi connectivity index (χ4n) is 3.98. The molecule has 1 fully saturated rings. The van der Waals surface area contributed by atoms with Gasteiger partial charge < -0.3 is 24.6 Å². The van der Waals surface area contributed by atoms with E-state index in [1.165, 1.54) is 0 Å². The van der Waals surface area contributed by atoms with E-state index in [9.17, 15) is 14.1 Å². The molecule has 0 aliphatic carbocycles. The molecule has 2 aromatic rings. The van der Waals surface area contributed by atoms with Gasteiger partial charge in [0.15, 0.2) is 5.69 Å². The van der Waals surface area contributed by atoms with Crippen molar-refractivity contribution in [1.29, 1.82) is 0 Å². The second kappa shape index (κ2) is 7.38. The Morgan fingerprint density at radius 1 is 1.24 bits per heavy atom. The Balaban J connectivity index is 1.45. The van der Waals surface area contributed by atoms with Gasteiger partial charge in [-0.2, -0.15) is 4.98 Å². The summed E-state index contributed by atoms with van der Waals surface area (Å²) in [5.41, 5.74) is 0.886. The molecule has 0 bridgehead atoms. The number of anilines is 2. The summed E-state index contributed by atoms with van der Waals surface area (Å²) in [6.45, 7) is 3.13. The quantitative estimate of drug-likeness (QED) is 0.736. The zero-order valence-electron chi connectivity index (χ0n) is 15.8. The normalized spacial score (nSPS) is 21.7. The van der Waals surface area contributed by atoms with Crippen molar-refractivity contribution in [3.05, 3.63) is 23.4 Å². The molecule has 1 atom stereocenters. The number of rotatable bonds is 4. The van der Waals surface area contributed by atoms with Crippen LogP contribution in [0, 0.1) is 0 Å². The number of ether oxygens (including phenoxy) is 1. The molecule has 29 heavy (non-hydrogen) atoms. The molecule has 1 saturated heterocycles. The second-order valence-corrected chi connectivity index (χ2v) is 8.95. The molecule has 0 spiro atoms. The molecule has 5 rings (SSSR count). The Kier molecular flexibility index (Phi) is 4.70. The predicted molar refractivity (Wildman–Crippen MR) is 105 cm³/mol. The van der Waals surface area contributed by atoms with E-state index in [4.69, 9.17) is 14.7 Å². The fourth-order valence-corrected chi connectivity index (χ4v) is 5.30. The highest BCUT2D eigenvalue weighted by Crippen LogP contribution is 2.32. The van der Waals surface area contributed by atoms with Crippen LogP contribution in [-0.4, -0.2) is 66.4 Å². The summed E-state index contributed by atoms with van der Waals surface area (Å²) in [6, 6.07) is 0.242. The van der Waals surface area contributed by atoms with E-state index in [0.717, 1.165) is 23.4 Å². The Bertz CT molecular complexity index is 987. The zero-order valence-corrected chi connectivity index (χ0v) is 16.7. The summed E-state index contributed by atoms with van der Waals surface area (Å²) in [7, 11) is -1.08. The predicted octanol–water partition coefficient (Wildman–Crippen LogP) is 0.646. The van der Waals surface area contributed by atoms with Gasteiger partial charge in [-0.05, 0) is 12.8 Å². The number of carboxylic acid groups (broad SMARTS) is 1. The summed E-state index contributed by atoms with van der Waals surface area (Å²) in [5, 5.41) is 12.7. The lowest BCUT2D eigenvalue weighted by Gasteiger charge is -2.29. The minimum absolute atomic E-state index is 0.0500. The molecule has 2 N–H and O–H groups in total. The van der Waals surface area contributed by atoms with Gasteiger partial charge in [0.05, 0.1) is 23.0 Å². The van der Waals surface area contributed by atoms with Crippen molar-refractivity contribution < 1.29 is 18.8 Å². The molecule has 0 aromatic carbocycles. The third kappa shape index (κ3) is 3.48. The Hall–Kier alpha value is -2.53. The van der Waals surface area contributed by atoms with Gasteiger partial charge in [0.1, 0.15) is 16.5 Å². The zero-order chi connectivity index (χ0) is 20.0. The van der Waals surface area contributed by atoms with Gasteiger partial charge in [0.2, 0.25) is 5.95 Å². The number of hydrogen-bond donors (Lipinski definition) is 2. The number of aryl methyl sites for hydroxylation is 1. The first kappa shape index (κ1) is 18.5. The highest BCUT2D eigenvalue weighted by molar-refractivity contribution is 7.85. The van der Waals surface area contributed by atoms with Gasteiger partial charge in [0, 0.05) is 50.7 Å². The van der Waals surface area contributed by atoms with E-state index in [1.807, 2.05) is 9.47 Å². The van der Waals surface area contributed by atoms with Crippen LogP contribution >= 0.6 is 0 Å². The lowest BCUT2D eigenvalue weighted by Crippen LogP contribution is -2.35. The molecule has 5 heterocycles. The topological polar surface area (TPSA) is 122 Å². The van der Waals surface area contributed by atoms with E-state index in [0.29, 0.717) is 62.6 Å². The van der Waals surface area contributed by atoms with Crippen molar-refractivity contribution in [3.8, 4) is 0 Å². The number of carbonyl (C=O) groups is 1. The van der Waals surface area contributed by atoms with E-state index in [1.54, 1.807) is 6.20 Å². The first-order valence-corrected chi connectivity index (χ1v) is 11.1. The average Bonchev–Trinajstić information content (AvgIpc) is 3.32. The second-order valence-electron chi connectivity index (χ2n) is 7.44. The van der Waals surface area contributed by atoms with Crippen molar-refractivity contribution in [2.45, 2.75) is 43.3 Å². The first-order chi connectivity index (χ1) is 14.1. The Morgan fingerprint density at radius 2 is 2.07 bits per heavy atom. The average molecular weight is 418 g/mol. The molecule has 1 unspecified atom stereocenters. The maximum atomic E-state index is 12.5. The maximum Gasteiger partial charge on any atom is 0.356 e. The number of hydrogen-bond acceptors (Lipinski definition) is 8. The van der Waals surface area contributed by atoms with Crippen LogP contribution in [0.25, 0.3) is 0 Å². The largest absolute Gasteiger partial charge is 0.476 e. The van der Waals surface area contributed by atoms with Crippen molar-refractivity contribution in [3.63, 3.8) is 0 Å². The van der Waals surface area contributed by atoms with Crippen LogP contribution in [0.15, 0.2) is 11.1 Å². The minimum Gasteiger partial charge on any atom is -0.476 e. The highest BCUT2D eigenvalue weighted by Gasteiger charge is 2.30. The van der Waals surface area contributed by atoms with Crippen LogP contribution in [0.2, 0.25) is 0 Å². The summed E-state index contributed by atoms with van der Waals surface area (Å²) in [4.78, 5) is 27.6. The van der Waals surface area contributed by atoms with E-state index in [-0.39, 0.29) is 11.7 Å². The van der Waals surface area contributed by atoms with E-state index >= 15 is 0 Å². The fraction of sp³-hybridized carbons (Fsp3) is 0.556. The summed E-state index contributed by atoms with van der Waals surface area (Å²) in [6.07, 6.45) is 4.02. The highest BCUT2D eigenvalue weighted by atomic mass is 32.2. The number of nitrogens with one attached hydrogen (secondary N) is 1. The van der Waals surface area contributed by atoms with Gasteiger partial charge in [-0.3, -0.25) is 4.21 Å². The molecule has 0 radical (unpaired) electrons. The first-order valence-electron chi connectivity index (χ1n) is 9.76. The van der Waals surface area contributed by atoms with Crippen molar-refractivity contribution in [2.24, 2.45) is 0 Å². The third-order valence-electron chi connectivity index (χ3n) is 5.54. The molecule has 3 aliphatic rings. The Labute approximate surface area is 169 Å². The van der Waals surface area contributed by atoms with Gasteiger partial charge in [0.25, 0.3) is 0 Å². The molecule has 0 saturated carbocycles. The summed E-state index contributed by atoms with van der Waals surface area (Å²) >= 11 is 0. The summed E-state index contributed by atoms with van der Waals surface area (Å²) < 4.78 is 19.8. The van der Waals surface area contributed by atoms with Crippen molar-refractivity contribution >= 4 is 28.5 Å². The number of fused-ring (bicyclic) bond motifs is 2. The SMILES string of the molecule is O=C(O)c1cn2c(n1)CN(c1nc3c(c(NC4CCOCC4)n1)S(=O)CC3)CC2. The molecule has 10 nitrogen and oxygen atoms in total. The molecular weight excluding hydrogens is 396 g/mol. The van der Waals surface area contributed by atoms with Crippen LogP contribution in [0.3, 0.4) is 0 Å². The van der Waals surface area contributed by atoms with Gasteiger partial charge in [-0.1, -0.05) is 0 Å². The van der Waals surface area contributed by atoms with Crippen LogP contribution in [0.5, 0.6) is 0 Å². The maximum absolute atomic E-state index is 12.5. The smallest absolute Gasteiger partial charge is 0.356 e.